The number of carbonyl (C=O) groups excluding carboxylic acids is 1. The van der Waals surface area contributed by atoms with E-state index < -0.39 is 5.54 Å². The van der Waals surface area contributed by atoms with E-state index >= 15 is 0 Å². The summed E-state index contributed by atoms with van der Waals surface area (Å²) in [6.07, 6.45) is 3.59. The van der Waals surface area contributed by atoms with Gasteiger partial charge in [-0.1, -0.05) is 31.1 Å². The first-order valence-electron chi connectivity index (χ1n) is 6.82. The summed E-state index contributed by atoms with van der Waals surface area (Å²) in [6.45, 7) is 0. The Morgan fingerprint density at radius 1 is 1.33 bits per heavy atom. The molecule has 0 atom stereocenters. The Morgan fingerprint density at radius 2 is 2.05 bits per heavy atom. The van der Waals surface area contributed by atoms with Crippen LogP contribution in [0.3, 0.4) is 0 Å². The summed E-state index contributed by atoms with van der Waals surface area (Å²) in [4.78, 5) is 13.4. The van der Waals surface area contributed by atoms with Crippen LogP contribution in [0, 0.1) is 5.82 Å². The molecule has 0 spiro atoms. The molecule has 1 saturated carbocycles. The molecule has 6 heteroatoms. The SMILES string of the molecule is NC(=S)C1(NC(=O)c2cc3ccc(F)cc3s2)CCCC1. The molecule has 1 aromatic heterocycles. The number of thiophene rings is 1. The normalized spacial score (nSPS) is 17.0. The monoisotopic (exact) mass is 322 g/mol. The zero-order valence-corrected chi connectivity index (χ0v) is 13.0. The van der Waals surface area contributed by atoms with Gasteiger partial charge in [0, 0.05) is 4.70 Å². The van der Waals surface area contributed by atoms with Crippen molar-refractivity contribution in [1.29, 1.82) is 0 Å². The van der Waals surface area contributed by atoms with Gasteiger partial charge < -0.3 is 11.1 Å². The van der Waals surface area contributed by atoms with Crippen LogP contribution in [0.5, 0.6) is 0 Å². The van der Waals surface area contributed by atoms with Crippen molar-refractivity contribution in [2.24, 2.45) is 5.73 Å². The third-order valence-electron chi connectivity index (χ3n) is 3.99. The van der Waals surface area contributed by atoms with E-state index in [9.17, 15) is 9.18 Å². The topological polar surface area (TPSA) is 55.1 Å². The smallest absolute Gasteiger partial charge is 0.262 e. The van der Waals surface area contributed by atoms with Crippen molar-refractivity contribution in [3.05, 3.63) is 35.0 Å². The van der Waals surface area contributed by atoms with Gasteiger partial charge in [0.25, 0.3) is 5.91 Å². The first-order valence-corrected chi connectivity index (χ1v) is 8.04. The van der Waals surface area contributed by atoms with E-state index in [4.69, 9.17) is 18.0 Å². The highest BCUT2D eigenvalue weighted by atomic mass is 32.1. The Kier molecular flexibility index (Phi) is 3.67. The fraction of sp³-hybridized carbons (Fsp3) is 0.333. The Morgan fingerprint density at radius 3 is 2.71 bits per heavy atom. The second-order valence-electron chi connectivity index (χ2n) is 5.40. The number of carbonyl (C=O) groups is 1. The number of hydrogen-bond donors (Lipinski definition) is 2. The second-order valence-corrected chi connectivity index (χ2v) is 6.92. The summed E-state index contributed by atoms with van der Waals surface area (Å²) in [7, 11) is 0. The Bertz CT molecular complexity index is 720. The highest BCUT2D eigenvalue weighted by Gasteiger charge is 2.38. The van der Waals surface area contributed by atoms with Gasteiger partial charge in [0.15, 0.2) is 0 Å². The number of amides is 1. The highest BCUT2D eigenvalue weighted by Crippen LogP contribution is 2.32. The third-order valence-corrected chi connectivity index (χ3v) is 5.47. The van der Waals surface area contributed by atoms with Gasteiger partial charge in [-0.05, 0) is 36.4 Å². The quantitative estimate of drug-likeness (QED) is 0.852. The average Bonchev–Trinajstić information content (AvgIpc) is 3.05. The van der Waals surface area contributed by atoms with Crippen molar-refractivity contribution in [3.8, 4) is 0 Å². The van der Waals surface area contributed by atoms with Gasteiger partial charge in [-0.3, -0.25) is 4.79 Å². The van der Waals surface area contributed by atoms with Crippen molar-refractivity contribution in [1.82, 2.24) is 5.32 Å². The van der Waals surface area contributed by atoms with Crippen LogP contribution in [-0.2, 0) is 0 Å². The van der Waals surface area contributed by atoms with Crippen molar-refractivity contribution < 1.29 is 9.18 Å². The molecule has 1 amide bonds. The largest absolute Gasteiger partial charge is 0.391 e. The van der Waals surface area contributed by atoms with Gasteiger partial charge in [0.1, 0.15) is 5.82 Å². The lowest BCUT2D eigenvalue weighted by Gasteiger charge is -2.28. The molecule has 21 heavy (non-hydrogen) atoms. The summed E-state index contributed by atoms with van der Waals surface area (Å²) in [6, 6.07) is 6.29. The van der Waals surface area contributed by atoms with Crippen LogP contribution in [0.15, 0.2) is 24.3 Å². The number of fused-ring (bicyclic) bond motifs is 1. The maximum atomic E-state index is 13.2. The number of halogens is 1. The molecule has 1 aliphatic carbocycles. The first-order chi connectivity index (χ1) is 10.00. The lowest BCUT2D eigenvalue weighted by Crippen LogP contribution is -2.54. The molecule has 3 N–H and O–H groups in total. The molecule has 0 unspecified atom stereocenters. The predicted octanol–water partition coefficient (Wildman–Crippen LogP) is 3.37. The fourth-order valence-corrected chi connectivity index (χ4v) is 4.05. The molecule has 3 nitrogen and oxygen atoms in total. The van der Waals surface area contributed by atoms with Gasteiger partial charge >= 0.3 is 0 Å². The summed E-state index contributed by atoms with van der Waals surface area (Å²) >= 11 is 6.41. The summed E-state index contributed by atoms with van der Waals surface area (Å²) < 4.78 is 14.0. The van der Waals surface area contributed by atoms with Crippen LogP contribution in [0.1, 0.15) is 35.4 Å². The van der Waals surface area contributed by atoms with E-state index in [0.29, 0.717) is 9.87 Å². The number of benzene rings is 1. The molecule has 0 radical (unpaired) electrons. The Hall–Kier alpha value is -1.53. The van der Waals surface area contributed by atoms with Crippen molar-refractivity contribution in [3.63, 3.8) is 0 Å². The minimum Gasteiger partial charge on any atom is -0.391 e. The summed E-state index contributed by atoms with van der Waals surface area (Å²) in [5.41, 5.74) is 5.26. The van der Waals surface area contributed by atoms with Crippen molar-refractivity contribution in [2.45, 2.75) is 31.2 Å². The molecule has 0 aliphatic heterocycles. The van der Waals surface area contributed by atoms with Gasteiger partial charge in [0.2, 0.25) is 0 Å². The minimum atomic E-state index is -0.562. The number of nitrogens with two attached hydrogens (primary N) is 1. The van der Waals surface area contributed by atoms with E-state index in [2.05, 4.69) is 5.32 Å². The zero-order chi connectivity index (χ0) is 15.0. The van der Waals surface area contributed by atoms with E-state index in [1.165, 1.54) is 23.5 Å². The minimum absolute atomic E-state index is 0.189. The van der Waals surface area contributed by atoms with Crippen LogP contribution >= 0.6 is 23.6 Å². The van der Waals surface area contributed by atoms with Gasteiger partial charge in [-0.15, -0.1) is 11.3 Å². The Balaban J connectivity index is 1.88. The predicted molar refractivity (Wildman–Crippen MR) is 87.2 cm³/mol. The molecule has 0 bridgehead atoms. The van der Waals surface area contributed by atoms with Crippen LogP contribution in [-0.4, -0.2) is 16.4 Å². The Labute approximate surface area is 131 Å². The standard InChI is InChI=1S/C15H15FN2OS2/c16-10-4-3-9-7-12(21-11(9)8-10)13(19)18-15(14(17)20)5-1-2-6-15/h3-4,7-8H,1-2,5-6H2,(H2,17,20)(H,18,19). The average molecular weight is 322 g/mol. The maximum absolute atomic E-state index is 13.2. The van der Waals surface area contributed by atoms with Crippen molar-refractivity contribution in [2.75, 3.05) is 0 Å². The molecule has 110 valence electrons. The molecular weight excluding hydrogens is 307 g/mol. The summed E-state index contributed by atoms with van der Waals surface area (Å²) in [5.74, 6) is -0.488. The number of rotatable bonds is 3. The molecule has 3 rings (SSSR count). The molecular formula is C15H15FN2OS2. The van der Waals surface area contributed by atoms with E-state index in [1.807, 2.05) is 0 Å². The third kappa shape index (κ3) is 2.65. The lowest BCUT2D eigenvalue weighted by molar-refractivity contribution is 0.0928. The zero-order valence-electron chi connectivity index (χ0n) is 11.3. The number of nitrogens with one attached hydrogen (secondary N) is 1. The molecule has 2 aromatic rings. The van der Waals surface area contributed by atoms with Crippen LogP contribution < -0.4 is 11.1 Å². The second kappa shape index (κ2) is 5.35. The molecule has 1 aliphatic rings. The maximum Gasteiger partial charge on any atom is 0.262 e. The molecule has 1 aromatic carbocycles. The van der Waals surface area contributed by atoms with Crippen LogP contribution in [0.2, 0.25) is 0 Å². The van der Waals surface area contributed by atoms with E-state index in [1.54, 1.807) is 12.1 Å². The molecule has 1 heterocycles. The lowest BCUT2D eigenvalue weighted by atomic mass is 9.97. The molecule has 1 fully saturated rings. The number of thiocarbonyl (C=S) groups is 1. The van der Waals surface area contributed by atoms with Crippen molar-refractivity contribution >= 4 is 44.5 Å². The van der Waals surface area contributed by atoms with Gasteiger partial charge in [0.05, 0.1) is 15.4 Å². The fourth-order valence-electron chi connectivity index (χ4n) is 2.81. The molecule has 0 saturated heterocycles. The van der Waals surface area contributed by atoms with E-state index in [-0.39, 0.29) is 11.7 Å². The highest BCUT2D eigenvalue weighted by molar-refractivity contribution is 7.80. The number of hydrogen-bond acceptors (Lipinski definition) is 3. The first kappa shape index (κ1) is 14.4. The van der Waals surface area contributed by atoms with Gasteiger partial charge in [-0.25, -0.2) is 4.39 Å². The van der Waals surface area contributed by atoms with Gasteiger partial charge in [-0.2, -0.15) is 0 Å². The van der Waals surface area contributed by atoms with Crippen LogP contribution in [0.25, 0.3) is 10.1 Å². The van der Waals surface area contributed by atoms with Crippen LogP contribution in [0.4, 0.5) is 4.39 Å². The summed E-state index contributed by atoms with van der Waals surface area (Å²) in [5, 5.41) is 3.86. The van der Waals surface area contributed by atoms with E-state index in [0.717, 1.165) is 35.8 Å².